The van der Waals surface area contributed by atoms with Crippen LogP contribution in [0.3, 0.4) is 0 Å². The minimum Gasteiger partial charge on any atom is -0.475 e. The number of nitrogens with zero attached hydrogens (tertiary/aromatic N) is 2. The van der Waals surface area contributed by atoms with Crippen LogP contribution in [-0.4, -0.2) is 26.3 Å². The van der Waals surface area contributed by atoms with Gasteiger partial charge in [0.15, 0.2) is 0 Å². The van der Waals surface area contributed by atoms with Crippen molar-refractivity contribution < 1.29 is 14.3 Å². The molecule has 3 heterocycles. The van der Waals surface area contributed by atoms with Crippen LogP contribution < -0.4 is 0 Å². The van der Waals surface area contributed by atoms with Crippen LogP contribution in [0.1, 0.15) is 54.0 Å². The van der Waals surface area contributed by atoms with Crippen molar-refractivity contribution in [1.82, 2.24) is 9.97 Å². The van der Waals surface area contributed by atoms with Gasteiger partial charge in [-0.05, 0) is 30.9 Å². The van der Waals surface area contributed by atoms with Crippen molar-refractivity contribution in [3.8, 4) is 0 Å². The van der Waals surface area contributed by atoms with Crippen molar-refractivity contribution in [3.05, 3.63) is 35.5 Å². The Morgan fingerprint density at radius 2 is 2.29 bits per heavy atom. The second kappa shape index (κ2) is 6.44. The maximum absolute atomic E-state index is 10.9. The number of carboxylic acids is 1. The summed E-state index contributed by atoms with van der Waals surface area (Å²) < 4.78 is 5.34. The lowest BCUT2D eigenvalue weighted by molar-refractivity contribution is 0.0661. The minimum absolute atomic E-state index is 0.0181. The van der Waals surface area contributed by atoms with E-state index in [0.717, 1.165) is 16.0 Å². The highest BCUT2D eigenvalue weighted by molar-refractivity contribution is 8.00. The van der Waals surface area contributed by atoms with Gasteiger partial charge in [0.25, 0.3) is 0 Å². The first-order valence-corrected chi connectivity index (χ1v) is 9.94. The van der Waals surface area contributed by atoms with Crippen LogP contribution in [0, 0.1) is 5.92 Å². The first-order valence-electron chi connectivity index (χ1n) is 8.08. The molecule has 24 heavy (non-hydrogen) atoms. The lowest BCUT2D eigenvalue weighted by atomic mass is 9.80. The summed E-state index contributed by atoms with van der Waals surface area (Å²) in [5.41, 5.74) is 1.30. The topological polar surface area (TPSA) is 76.2 Å². The zero-order chi connectivity index (χ0) is 16.7. The molecule has 2 aromatic heterocycles. The highest BCUT2D eigenvalue weighted by Crippen LogP contribution is 2.54. The Labute approximate surface area is 148 Å². The van der Waals surface area contributed by atoms with Crippen LogP contribution in [0.2, 0.25) is 0 Å². The van der Waals surface area contributed by atoms with Gasteiger partial charge >= 0.3 is 5.97 Å². The van der Waals surface area contributed by atoms with Crippen molar-refractivity contribution >= 4 is 29.5 Å². The zero-order valence-corrected chi connectivity index (χ0v) is 14.9. The molecule has 0 saturated heterocycles. The van der Waals surface area contributed by atoms with Gasteiger partial charge in [-0.2, -0.15) is 0 Å². The first-order chi connectivity index (χ1) is 11.6. The maximum atomic E-state index is 10.9. The quantitative estimate of drug-likeness (QED) is 0.636. The van der Waals surface area contributed by atoms with Gasteiger partial charge in [-0.3, -0.25) is 0 Å². The molecular formula is C17H18N2O3S2. The van der Waals surface area contributed by atoms with Crippen LogP contribution in [0.25, 0.3) is 0 Å². The fourth-order valence-corrected chi connectivity index (χ4v) is 6.19. The Hall–Kier alpha value is -1.47. The van der Waals surface area contributed by atoms with E-state index in [2.05, 4.69) is 16.9 Å². The Balaban J connectivity index is 1.53. The predicted octanol–water partition coefficient (Wildman–Crippen LogP) is 4.44. The summed E-state index contributed by atoms with van der Waals surface area (Å²) in [6.45, 7) is 2.33. The molecule has 0 spiro atoms. The van der Waals surface area contributed by atoms with E-state index in [0.29, 0.717) is 22.7 Å². The van der Waals surface area contributed by atoms with Gasteiger partial charge in [-0.15, -0.1) is 11.8 Å². The molecule has 0 aromatic carbocycles. The predicted molar refractivity (Wildman–Crippen MR) is 92.7 cm³/mol. The molecule has 2 aliphatic rings. The summed E-state index contributed by atoms with van der Waals surface area (Å²) in [6, 6.07) is 3.22. The number of carboxylic acid groups (broad SMARTS) is 1. The van der Waals surface area contributed by atoms with Crippen molar-refractivity contribution in [1.29, 1.82) is 0 Å². The van der Waals surface area contributed by atoms with Gasteiger partial charge in [-0.1, -0.05) is 25.1 Å². The number of hydrogen-bond acceptors (Lipinski definition) is 6. The van der Waals surface area contributed by atoms with Gasteiger partial charge in [0.1, 0.15) is 22.1 Å². The highest BCUT2D eigenvalue weighted by atomic mass is 32.2. The molecule has 1 fully saturated rings. The number of aromatic nitrogens is 2. The van der Waals surface area contributed by atoms with Crippen LogP contribution in [0.15, 0.2) is 32.9 Å². The van der Waals surface area contributed by atoms with Crippen molar-refractivity contribution in [2.75, 3.05) is 0 Å². The largest absolute Gasteiger partial charge is 0.475 e. The molecule has 1 aliphatic carbocycles. The molecular weight excluding hydrogens is 344 g/mol. The number of rotatable bonds is 4. The van der Waals surface area contributed by atoms with E-state index in [1.165, 1.54) is 30.9 Å². The van der Waals surface area contributed by atoms with Gasteiger partial charge in [0.05, 0.1) is 5.75 Å². The first kappa shape index (κ1) is 16.0. The van der Waals surface area contributed by atoms with E-state index in [-0.39, 0.29) is 5.76 Å². The molecule has 0 amide bonds. The fraction of sp³-hybridized carbons (Fsp3) is 0.471. The standard InChI is InChI=1S/C17H18N2O3S2/c1-9-2-4-11-13(6-9)24-16-14(11)15(18-8-19-16)23-7-10-3-5-12(22-10)17(20)21/h3,5,8-9,11,13H,2,4,6-7H2,1H3,(H,20,21). The molecule has 1 saturated carbocycles. The number of aromatic carboxylic acids is 1. The molecule has 1 aliphatic heterocycles. The Bertz CT molecular complexity index is 777. The summed E-state index contributed by atoms with van der Waals surface area (Å²) in [4.78, 5) is 19.9. The summed E-state index contributed by atoms with van der Waals surface area (Å²) in [5, 5.41) is 11.7. The molecule has 0 bridgehead atoms. The Morgan fingerprint density at radius 3 is 3.08 bits per heavy atom. The molecule has 1 N–H and O–H groups in total. The van der Waals surface area contributed by atoms with Crippen molar-refractivity contribution in [2.24, 2.45) is 5.92 Å². The van der Waals surface area contributed by atoms with Crippen molar-refractivity contribution in [2.45, 2.75) is 53.2 Å². The summed E-state index contributed by atoms with van der Waals surface area (Å²) in [7, 11) is 0. The van der Waals surface area contributed by atoms with E-state index in [9.17, 15) is 4.79 Å². The number of furan rings is 1. The van der Waals surface area contributed by atoms with E-state index in [1.807, 2.05) is 11.8 Å². The molecule has 0 radical (unpaired) electrons. The van der Waals surface area contributed by atoms with Crippen LogP contribution in [0.5, 0.6) is 0 Å². The highest BCUT2D eigenvalue weighted by Gasteiger charge is 2.40. The third-order valence-corrected chi connectivity index (χ3v) is 7.12. The van der Waals surface area contributed by atoms with Crippen LogP contribution in [-0.2, 0) is 5.75 Å². The van der Waals surface area contributed by atoms with Crippen LogP contribution >= 0.6 is 23.5 Å². The lowest BCUT2D eigenvalue weighted by Gasteiger charge is -2.29. The lowest BCUT2D eigenvalue weighted by Crippen LogP contribution is -2.21. The summed E-state index contributed by atoms with van der Waals surface area (Å²) in [5.74, 6) is 1.52. The smallest absolute Gasteiger partial charge is 0.371 e. The third-order valence-electron chi connectivity index (χ3n) is 4.72. The second-order valence-electron chi connectivity index (χ2n) is 6.44. The number of hydrogen-bond donors (Lipinski definition) is 1. The normalized spacial score (nSPS) is 25.3. The van der Waals surface area contributed by atoms with E-state index >= 15 is 0 Å². The summed E-state index contributed by atoms with van der Waals surface area (Å²) in [6.07, 6.45) is 5.35. The number of fused-ring (bicyclic) bond motifs is 3. The van der Waals surface area contributed by atoms with Crippen LogP contribution in [0.4, 0.5) is 0 Å². The molecule has 7 heteroatoms. The van der Waals surface area contributed by atoms with Crippen molar-refractivity contribution in [3.63, 3.8) is 0 Å². The minimum atomic E-state index is -1.04. The number of carbonyl (C=O) groups is 1. The van der Waals surface area contributed by atoms with E-state index in [1.54, 1.807) is 24.2 Å². The monoisotopic (exact) mass is 362 g/mol. The Morgan fingerprint density at radius 1 is 1.42 bits per heavy atom. The number of thioether (sulfide) groups is 2. The SMILES string of the molecule is CC1CCC2c3c(SCc4ccc(C(=O)O)o4)ncnc3SC2C1. The average Bonchev–Trinajstić information content (AvgIpc) is 3.16. The summed E-state index contributed by atoms with van der Waals surface area (Å²) >= 11 is 3.51. The molecule has 2 aromatic rings. The molecule has 4 rings (SSSR count). The van der Waals surface area contributed by atoms with E-state index < -0.39 is 5.97 Å². The molecule has 3 atom stereocenters. The molecule has 126 valence electrons. The maximum Gasteiger partial charge on any atom is 0.371 e. The second-order valence-corrected chi connectivity index (χ2v) is 8.63. The van der Waals surface area contributed by atoms with Gasteiger partial charge < -0.3 is 9.52 Å². The fourth-order valence-electron chi connectivity index (χ4n) is 3.53. The molecule has 5 nitrogen and oxygen atoms in total. The van der Waals surface area contributed by atoms with Gasteiger partial charge in [0.2, 0.25) is 5.76 Å². The zero-order valence-electron chi connectivity index (χ0n) is 13.3. The third kappa shape index (κ3) is 2.95. The van der Waals surface area contributed by atoms with Gasteiger partial charge in [-0.25, -0.2) is 14.8 Å². The van der Waals surface area contributed by atoms with E-state index in [4.69, 9.17) is 9.52 Å². The Kier molecular flexibility index (Phi) is 4.30. The van der Waals surface area contributed by atoms with Gasteiger partial charge in [0, 0.05) is 16.7 Å². The average molecular weight is 362 g/mol. The molecule has 3 unspecified atom stereocenters.